The fourth-order valence-corrected chi connectivity index (χ4v) is 3.84. The van der Waals surface area contributed by atoms with Crippen LogP contribution in [0.1, 0.15) is 45.2 Å². The molecule has 3 aromatic rings. The molecule has 168 valence electrons. The van der Waals surface area contributed by atoms with Crippen molar-refractivity contribution in [2.45, 2.75) is 45.1 Å². The molecule has 0 unspecified atom stereocenters. The number of ether oxygens (including phenoxy) is 1. The number of rotatable bonds is 4. The van der Waals surface area contributed by atoms with Gasteiger partial charge in [-0.3, -0.25) is 5.10 Å². The van der Waals surface area contributed by atoms with Crippen molar-refractivity contribution < 1.29 is 9.53 Å². The summed E-state index contributed by atoms with van der Waals surface area (Å²) >= 11 is 0. The van der Waals surface area contributed by atoms with Gasteiger partial charge in [0.2, 0.25) is 5.95 Å². The van der Waals surface area contributed by atoms with Crippen molar-refractivity contribution in [2.75, 3.05) is 36.4 Å². The van der Waals surface area contributed by atoms with E-state index in [9.17, 15) is 4.79 Å². The largest absolute Gasteiger partial charge is 0.444 e. The molecule has 2 N–H and O–H groups in total. The molecule has 2 fully saturated rings. The Morgan fingerprint density at radius 1 is 1.12 bits per heavy atom. The number of carbonyl (C=O) groups is 1. The maximum Gasteiger partial charge on any atom is 0.410 e. The molecule has 0 bridgehead atoms. The second-order valence-corrected chi connectivity index (χ2v) is 9.45. The lowest BCUT2D eigenvalue weighted by atomic mass is 10.2. The monoisotopic (exact) mass is 435 g/mol. The molecule has 1 saturated carbocycles. The highest BCUT2D eigenvalue weighted by Crippen LogP contribution is 2.39. The third-order valence-electron chi connectivity index (χ3n) is 5.67. The maximum absolute atomic E-state index is 12.4. The number of hydrogen-bond acceptors (Lipinski definition) is 7. The molecule has 0 spiro atoms. The lowest BCUT2D eigenvalue weighted by molar-refractivity contribution is 0.0240. The van der Waals surface area contributed by atoms with E-state index in [-0.39, 0.29) is 6.09 Å². The van der Waals surface area contributed by atoms with E-state index in [2.05, 4.69) is 26.5 Å². The van der Waals surface area contributed by atoms with Gasteiger partial charge in [0.1, 0.15) is 11.4 Å². The lowest BCUT2D eigenvalue weighted by Gasteiger charge is -2.35. The molecule has 5 rings (SSSR count). The van der Waals surface area contributed by atoms with Crippen molar-refractivity contribution in [3.63, 3.8) is 0 Å². The number of nitrogens with zero attached hydrogens (tertiary/aromatic N) is 5. The maximum atomic E-state index is 12.4. The molecular weight excluding hydrogens is 406 g/mol. The van der Waals surface area contributed by atoms with Gasteiger partial charge in [0.15, 0.2) is 5.82 Å². The summed E-state index contributed by atoms with van der Waals surface area (Å²) < 4.78 is 5.50. The smallest absolute Gasteiger partial charge is 0.410 e. The van der Waals surface area contributed by atoms with E-state index < -0.39 is 5.60 Å². The average Bonchev–Trinajstić information content (AvgIpc) is 3.51. The van der Waals surface area contributed by atoms with Crippen LogP contribution in [0.15, 0.2) is 30.3 Å². The van der Waals surface area contributed by atoms with Gasteiger partial charge in [-0.25, -0.2) is 9.78 Å². The number of nitrogens with one attached hydrogen (secondary N) is 2. The Hall–Kier alpha value is -3.36. The SMILES string of the molecule is CC(C)(C)OC(=O)N1CCN(c2nc(Nc3cc(C4CC4)[nH]n3)c3ccccc3n2)CC1. The van der Waals surface area contributed by atoms with E-state index in [1.807, 2.05) is 45.0 Å². The summed E-state index contributed by atoms with van der Waals surface area (Å²) in [6.07, 6.45) is 2.17. The number of carbonyl (C=O) groups excluding carboxylic acids is 1. The number of piperazine rings is 1. The first-order chi connectivity index (χ1) is 15.4. The molecule has 1 aliphatic heterocycles. The zero-order chi connectivity index (χ0) is 22.3. The van der Waals surface area contributed by atoms with Gasteiger partial charge in [-0.1, -0.05) is 12.1 Å². The summed E-state index contributed by atoms with van der Waals surface area (Å²) in [5, 5.41) is 11.9. The first-order valence-electron chi connectivity index (χ1n) is 11.2. The van der Waals surface area contributed by atoms with Crippen LogP contribution in [0.25, 0.3) is 10.9 Å². The van der Waals surface area contributed by atoms with Crippen molar-refractivity contribution >= 4 is 34.6 Å². The molecule has 0 radical (unpaired) electrons. The van der Waals surface area contributed by atoms with Gasteiger partial charge in [-0.2, -0.15) is 10.1 Å². The van der Waals surface area contributed by atoms with E-state index in [4.69, 9.17) is 14.7 Å². The predicted molar refractivity (Wildman–Crippen MR) is 123 cm³/mol. The van der Waals surface area contributed by atoms with Gasteiger partial charge in [0.05, 0.1) is 5.52 Å². The zero-order valence-electron chi connectivity index (χ0n) is 18.8. The van der Waals surface area contributed by atoms with Crippen LogP contribution < -0.4 is 10.2 Å². The summed E-state index contributed by atoms with van der Waals surface area (Å²) in [4.78, 5) is 25.8. The molecule has 2 aromatic heterocycles. The van der Waals surface area contributed by atoms with Gasteiger partial charge >= 0.3 is 6.09 Å². The topological polar surface area (TPSA) is 99.3 Å². The predicted octanol–water partition coefficient (Wildman–Crippen LogP) is 4.03. The Balaban J connectivity index is 1.35. The molecule has 9 nitrogen and oxygen atoms in total. The third kappa shape index (κ3) is 4.46. The number of aromatic nitrogens is 4. The van der Waals surface area contributed by atoms with E-state index >= 15 is 0 Å². The Kier molecular flexibility index (Phi) is 5.11. The van der Waals surface area contributed by atoms with E-state index in [0.717, 1.165) is 22.5 Å². The van der Waals surface area contributed by atoms with E-state index in [0.29, 0.717) is 38.0 Å². The van der Waals surface area contributed by atoms with Crippen LogP contribution >= 0.6 is 0 Å². The summed E-state index contributed by atoms with van der Waals surface area (Å²) in [6.45, 7) is 8.06. The normalized spacial score (nSPS) is 17.0. The number of fused-ring (bicyclic) bond motifs is 1. The minimum absolute atomic E-state index is 0.274. The highest BCUT2D eigenvalue weighted by Gasteiger charge is 2.28. The molecule has 3 heterocycles. The van der Waals surface area contributed by atoms with Crippen molar-refractivity contribution in [1.82, 2.24) is 25.1 Å². The molecule has 2 aliphatic rings. The number of anilines is 3. The van der Waals surface area contributed by atoms with Crippen LogP contribution in [0, 0.1) is 0 Å². The second-order valence-electron chi connectivity index (χ2n) is 9.45. The zero-order valence-corrected chi connectivity index (χ0v) is 18.8. The van der Waals surface area contributed by atoms with Gasteiger partial charge in [0.25, 0.3) is 0 Å². The Morgan fingerprint density at radius 3 is 2.59 bits per heavy atom. The fraction of sp³-hybridized carbons (Fsp3) is 0.478. The molecule has 1 aliphatic carbocycles. The van der Waals surface area contributed by atoms with Gasteiger partial charge in [-0.15, -0.1) is 0 Å². The van der Waals surface area contributed by atoms with Crippen LogP contribution in [-0.2, 0) is 4.74 Å². The number of hydrogen-bond donors (Lipinski definition) is 2. The molecule has 9 heteroatoms. The van der Waals surface area contributed by atoms with Crippen molar-refractivity contribution in [2.24, 2.45) is 0 Å². The molecule has 1 amide bonds. The fourth-order valence-electron chi connectivity index (χ4n) is 3.84. The highest BCUT2D eigenvalue weighted by molar-refractivity contribution is 5.91. The highest BCUT2D eigenvalue weighted by atomic mass is 16.6. The van der Waals surface area contributed by atoms with Crippen LogP contribution in [0.2, 0.25) is 0 Å². The molecule has 0 atom stereocenters. The van der Waals surface area contributed by atoms with Crippen LogP contribution in [0.4, 0.5) is 22.4 Å². The molecular formula is C23H29N7O2. The molecule has 1 saturated heterocycles. The van der Waals surface area contributed by atoms with Gasteiger partial charge in [0, 0.05) is 49.2 Å². The lowest BCUT2D eigenvalue weighted by Crippen LogP contribution is -2.50. The number of aromatic amines is 1. The second kappa shape index (κ2) is 7.96. The number of benzene rings is 1. The Labute approximate surface area is 187 Å². The van der Waals surface area contributed by atoms with Crippen LogP contribution in [0.5, 0.6) is 0 Å². The quantitative estimate of drug-likeness (QED) is 0.638. The molecule has 1 aromatic carbocycles. The van der Waals surface area contributed by atoms with Gasteiger partial charge in [-0.05, 0) is 45.7 Å². The van der Waals surface area contributed by atoms with E-state index in [1.54, 1.807) is 4.90 Å². The van der Waals surface area contributed by atoms with Crippen molar-refractivity contribution in [1.29, 1.82) is 0 Å². The average molecular weight is 436 g/mol. The van der Waals surface area contributed by atoms with Crippen LogP contribution in [0.3, 0.4) is 0 Å². The number of para-hydroxylation sites is 1. The third-order valence-corrected chi connectivity index (χ3v) is 5.67. The first kappa shape index (κ1) is 20.5. The minimum atomic E-state index is -0.498. The van der Waals surface area contributed by atoms with Gasteiger partial charge < -0.3 is 19.9 Å². The summed E-state index contributed by atoms with van der Waals surface area (Å²) in [6, 6.07) is 10.0. The van der Waals surface area contributed by atoms with Crippen LogP contribution in [-0.4, -0.2) is 62.9 Å². The van der Waals surface area contributed by atoms with Crippen molar-refractivity contribution in [3.05, 3.63) is 36.0 Å². The number of amides is 1. The Bertz CT molecular complexity index is 1120. The minimum Gasteiger partial charge on any atom is -0.444 e. The summed E-state index contributed by atoms with van der Waals surface area (Å²) in [5.74, 6) is 2.75. The van der Waals surface area contributed by atoms with E-state index in [1.165, 1.54) is 18.5 Å². The van der Waals surface area contributed by atoms with Crippen molar-refractivity contribution in [3.8, 4) is 0 Å². The molecule has 32 heavy (non-hydrogen) atoms. The summed E-state index contributed by atoms with van der Waals surface area (Å²) in [5.41, 5.74) is 1.54. The standard InChI is InChI=1S/C23H29N7O2/c1-23(2,3)32-22(31)30-12-10-29(11-13-30)21-24-17-7-5-4-6-16(17)20(26-21)25-19-14-18(27-28-19)15-8-9-15/h4-7,14-15H,8-13H2,1-3H3,(H2,24,25,26,27,28). The first-order valence-corrected chi connectivity index (χ1v) is 11.2. The Morgan fingerprint density at radius 2 is 1.88 bits per heavy atom. The number of H-pyrrole nitrogens is 1. The summed E-state index contributed by atoms with van der Waals surface area (Å²) in [7, 11) is 0.